The van der Waals surface area contributed by atoms with E-state index in [-0.39, 0.29) is 0 Å². The van der Waals surface area contributed by atoms with Gasteiger partial charge in [-0.05, 0) is 6.92 Å². The van der Waals surface area contributed by atoms with Crippen LogP contribution in [0.2, 0.25) is 0 Å². The SMILES string of the molecule is Cc1ccccc1.[I][Os][I]. The summed E-state index contributed by atoms with van der Waals surface area (Å²) in [7, 11) is 0.357. The van der Waals surface area contributed by atoms with Crippen LogP contribution in [0.5, 0.6) is 0 Å². The van der Waals surface area contributed by atoms with Gasteiger partial charge >= 0.3 is 49.7 Å². The van der Waals surface area contributed by atoms with E-state index in [0.717, 1.165) is 0 Å². The van der Waals surface area contributed by atoms with Crippen LogP contribution in [0.25, 0.3) is 0 Å². The first-order valence-electron chi connectivity index (χ1n) is 2.68. The molecule has 0 aromatic heterocycles. The molecular formula is C7H8I2Os. The van der Waals surface area contributed by atoms with Crippen LogP contribution >= 0.6 is 39.3 Å². The van der Waals surface area contributed by atoms with Crippen LogP contribution in [0.15, 0.2) is 30.3 Å². The third-order valence-electron chi connectivity index (χ3n) is 0.940. The molecule has 0 N–H and O–H groups in total. The second-order valence-electron chi connectivity index (χ2n) is 1.71. The van der Waals surface area contributed by atoms with Crippen molar-refractivity contribution in [2.45, 2.75) is 6.92 Å². The van der Waals surface area contributed by atoms with E-state index < -0.39 is 0 Å². The zero-order valence-corrected chi connectivity index (χ0v) is 12.4. The molecule has 1 rings (SSSR count). The predicted molar refractivity (Wildman–Crippen MR) is 59.2 cm³/mol. The van der Waals surface area contributed by atoms with E-state index in [9.17, 15) is 0 Å². The topological polar surface area (TPSA) is 0 Å². The van der Waals surface area contributed by atoms with Crippen molar-refractivity contribution < 1.29 is 10.3 Å². The molecule has 10 heavy (non-hydrogen) atoms. The Hall–Kier alpha value is 1.32. The molecule has 0 aliphatic carbocycles. The Labute approximate surface area is 91.2 Å². The van der Waals surface area contributed by atoms with Crippen molar-refractivity contribution >= 4 is 39.3 Å². The molecule has 0 aliphatic rings. The summed E-state index contributed by atoms with van der Waals surface area (Å²) >= 11 is 4.83. The second-order valence-corrected chi connectivity index (χ2v) is 20.3. The van der Waals surface area contributed by atoms with Gasteiger partial charge in [0.15, 0.2) is 0 Å². The van der Waals surface area contributed by atoms with Gasteiger partial charge in [-0.15, -0.1) is 0 Å². The summed E-state index contributed by atoms with van der Waals surface area (Å²) in [5, 5.41) is 0. The molecule has 1 aromatic rings. The summed E-state index contributed by atoms with van der Waals surface area (Å²) < 4.78 is 0. The fraction of sp³-hybridized carbons (Fsp3) is 0.143. The first-order valence-corrected chi connectivity index (χ1v) is 17.1. The van der Waals surface area contributed by atoms with E-state index in [2.05, 4.69) is 58.4 Å². The van der Waals surface area contributed by atoms with Crippen LogP contribution < -0.4 is 0 Å². The summed E-state index contributed by atoms with van der Waals surface area (Å²) in [6, 6.07) is 10.3. The van der Waals surface area contributed by atoms with Crippen molar-refractivity contribution in [3.8, 4) is 0 Å². The minimum atomic E-state index is 0.357. The predicted octanol–water partition coefficient (Wildman–Crippen LogP) is 3.76. The molecule has 58 valence electrons. The number of aryl methyl sites for hydroxylation is 1. The Kier molecular flexibility index (Phi) is 9.52. The van der Waals surface area contributed by atoms with Crippen LogP contribution in [-0.2, 0) is 10.3 Å². The second kappa shape index (κ2) is 8.41. The van der Waals surface area contributed by atoms with E-state index >= 15 is 0 Å². The van der Waals surface area contributed by atoms with Gasteiger partial charge in [-0.25, -0.2) is 0 Å². The first-order chi connectivity index (χ1) is 4.81. The molecule has 0 fully saturated rings. The molecule has 3 heteroatoms. The van der Waals surface area contributed by atoms with Gasteiger partial charge in [0.1, 0.15) is 0 Å². The van der Waals surface area contributed by atoms with E-state index in [0.29, 0.717) is 10.3 Å². The van der Waals surface area contributed by atoms with Gasteiger partial charge < -0.3 is 0 Å². The van der Waals surface area contributed by atoms with Gasteiger partial charge in [-0.3, -0.25) is 0 Å². The molecule has 0 unspecified atom stereocenters. The average molecular weight is 536 g/mol. The summed E-state index contributed by atoms with van der Waals surface area (Å²) in [4.78, 5) is 0. The summed E-state index contributed by atoms with van der Waals surface area (Å²) in [6.45, 7) is 2.08. The van der Waals surface area contributed by atoms with E-state index in [1.807, 2.05) is 18.2 Å². The fourth-order valence-electron chi connectivity index (χ4n) is 0.534. The molecule has 0 heterocycles. The Morgan fingerprint density at radius 3 is 1.70 bits per heavy atom. The van der Waals surface area contributed by atoms with Crippen molar-refractivity contribution in [2.24, 2.45) is 0 Å². The van der Waals surface area contributed by atoms with Gasteiger partial charge in [0.25, 0.3) is 0 Å². The summed E-state index contributed by atoms with van der Waals surface area (Å²) in [6.07, 6.45) is 0. The zero-order chi connectivity index (χ0) is 7.82. The third-order valence-corrected chi connectivity index (χ3v) is 0.940. The van der Waals surface area contributed by atoms with E-state index in [1.165, 1.54) is 5.56 Å². The summed E-state index contributed by atoms with van der Waals surface area (Å²) in [5.74, 6) is 0. The van der Waals surface area contributed by atoms with Crippen molar-refractivity contribution in [1.82, 2.24) is 0 Å². The molecular weight excluding hydrogens is 528 g/mol. The number of hydrogen-bond acceptors (Lipinski definition) is 0. The van der Waals surface area contributed by atoms with Gasteiger partial charge in [0.05, 0.1) is 0 Å². The Morgan fingerprint density at radius 1 is 1.10 bits per heavy atom. The Bertz CT molecular complexity index is 153. The molecule has 0 saturated carbocycles. The van der Waals surface area contributed by atoms with E-state index in [1.54, 1.807) is 0 Å². The van der Waals surface area contributed by atoms with E-state index in [4.69, 9.17) is 0 Å². The van der Waals surface area contributed by atoms with Gasteiger partial charge in [-0.1, -0.05) is 35.9 Å². The Morgan fingerprint density at radius 2 is 1.50 bits per heavy atom. The number of rotatable bonds is 0. The fourth-order valence-corrected chi connectivity index (χ4v) is 0.534. The minimum absolute atomic E-state index is 0.357. The number of benzene rings is 1. The van der Waals surface area contributed by atoms with Gasteiger partial charge in [0, 0.05) is 0 Å². The van der Waals surface area contributed by atoms with Crippen molar-refractivity contribution in [2.75, 3.05) is 0 Å². The normalized spacial score (nSPS) is 8.30. The molecule has 0 saturated heterocycles. The molecule has 0 aliphatic heterocycles. The van der Waals surface area contributed by atoms with Crippen molar-refractivity contribution in [1.29, 1.82) is 0 Å². The first kappa shape index (κ1) is 11.3. The molecule has 0 nitrogen and oxygen atoms in total. The molecule has 0 radical (unpaired) electrons. The van der Waals surface area contributed by atoms with Crippen LogP contribution in [0, 0.1) is 6.92 Å². The number of halogens is 2. The Balaban J connectivity index is 0.000000236. The number of hydrogen-bond donors (Lipinski definition) is 0. The molecule has 0 spiro atoms. The van der Waals surface area contributed by atoms with Crippen LogP contribution in [0.1, 0.15) is 5.56 Å². The van der Waals surface area contributed by atoms with Gasteiger partial charge in [0.2, 0.25) is 0 Å². The quantitative estimate of drug-likeness (QED) is 0.444. The van der Waals surface area contributed by atoms with Gasteiger partial charge in [-0.2, -0.15) is 0 Å². The van der Waals surface area contributed by atoms with Crippen LogP contribution in [-0.4, -0.2) is 0 Å². The van der Waals surface area contributed by atoms with Crippen molar-refractivity contribution in [3.05, 3.63) is 35.9 Å². The maximum atomic E-state index is 2.41. The monoisotopic (exact) mass is 538 g/mol. The van der Waals surface area contributed by atoms with Crippen LogP contribution in [0.4, 0.5) is 0 Å². The molecule has 0 bridgehead atoms. The maximum absolute atomic E-state index is 2.41. The average Bonchev–Trinajstić information content (AvgIpc) is 1.91. The molecule has 0 atom stereocenters. The zero-order valence-electron chi connectivity index (χ0n) is 5.50. The van der Waals surface area contributed by atoms with Crippen molar-refractivity contribution in [3.63, 3.8) is 0 Å². The summed E-state index contributed by atoms with van der Waals surface area (Å²) in [5.41, 5.74) is 1.32. The van der Waals surface area contributed by atoms with Crippen LogP contribution in [0.3, 0.4) is 0 Å². The third kappa shape index (κ3) is 7.42. The molecule has 0 amide bonds. The molecule has 1 aromatic carbocycles. The standard InChI is InChI=1S/C7H8.2HI.Os/c1-7-5-3-2-4-6-7;;;/h2-6H,1H3;2*1H;/q;;;+2/p-2.